The summed E-state index contributed by atoms with van der Waals surface area (Å²) in [7, 11) is 1.73. The van der Waals surface area contributed by atoms with E-state index in [2.05, 4.69) is 45.9 Å². The van der Waals surface area contributed by atoms with Crippen molar-refractivity contribution >= 4 is 0 Å². The van der Waals surface area contributed by atoms with E-state index in [4.69, 9.17) is 9.72 Å². The predicted octanol–water partition coefficient (Wildman–Crippen LogP) is 3.77. The molecule has 0 N–H and O–H groups in total. The molecule has 0 radical (unpaired) electrons. The Morgan fingerprint density at radius 2 is 2.07 bits per heavy atom. The summed E-state index contributed by atoms with van der Waals surface area (Å²) in [6.45, 7) is 6.13. The Kier molecular flexibility index (Phi) is 4.87. The van der Waals surface area contributed by atoms with Crippen molar-refractivity contribution in [1.82, 2.24) is 24.2 Å². The van der Waals surface area contributed by atoms with Crippen molar-refractivity contribution in [2.45, 2.75) is 51.2 Å². The predicted molar refractivity (Wildman–Crippen MR) is 112 cm³/mol. The fourth-order valence-corrected chi connectivity index (χ4v) is 4.63. The molecule has 2 aromatic heterocycles. The van der Waals surface area contributed by atoms with Gasteiger partial charge in [0.25, 0.3) is 0 Å². The van der Waals surface area contributed by atoms with Gasteiger partial charge < -0.3 is 9.30 Å². The third kappa shape index (κ3) is 3.81. The first-order valence-corrected chi connectivity index (χ1v) is 10.6. The summed E-state index contributed by atoms with van der Waals surface area (Å²) in [6.07, 6.45) is 9.67. The molecule has 3 heterocycles. The second-order valence-electron chi connectivity index (χ2n) is 8.43. The second kappa shape index (κ2) is 7.67. The zero-order chi connectivity index (χ0) is 19.8. The van der Waals surface area contributed by atoms with Crippen LogP contribution in [0, 0.1) is 6.92 Å². The molecular weight excluding hydrogens is 362 g/mol. The van der Waals surface area contributed by atoms with Gasteiger partial charge in [-0.3, -0.25) is 9.58 Å². The van der Waals surface area contributed by atoms with Crippen molar-refractivity contribution in [3.8, 4) is 5.75 Å². The summed E-state index contributed by atoms with van der Waals surface area (Å²) in [5.41, 5.74) is 3.81. The molecule has 0 bridgehead atoms. The van der Waals surface area contributed by atoms with Gasteiger partial charge in [-0.1, -0.05) is 6.07 Å². The molecule has 152 valence electrons. The summed E-state index contributed by atoms with van der Waals surface area (Å²) in [5.74, 6) is 2.94. The minimum atomic E-state index is 0.551. The zero-order valence-electron chi connectivity index (χ0n) is 17.3. The van der Waals surface area contributed by atoms with Gasteiger partial charge in [-0.05, 0) is 49.9 Å². The van der Waals surface area contributed by atoms with Crippen LogP contribution in [0.2, 0.25) is 0 Å². The smallest absolute Gasteiger partial charge is 0.123 e. The topological polar surface area (TPSA) is 48.1 Å². The maximum atomic E-state index is 5.57. The first-order chi connectivity index (χ1) is 14.2. The normalized spacial score (nSPS) is 19.7. The third-order valence-electron chi connectivity index (χ3n) is 6.21. The monoisotopic (exact) mass is 391 g/mol. The molecule has 6 heteroatoms. The molecule has 1 unspecified atom stereocenters. The Hall–Kier alpha value is -2.60. The van der Waals surface area contributed by atoms with Gasteiger partial charge in [0.15, 0.2) is 0 Å². The quantitative estimate of drug-likeness (QED) is 0.615. The van der Waals surface area contributed by atoms with Gasteiger partial charge in [0, 0.05) is 61.4 Å². The number of hydrogen-bond donors (Lipinski definition) is 0. The molecule has 1 atom stereocenters. The Morgan fingerprint density at radius 3 is 2.83 bits per heavy atom. The lowest BCUT2D eigenvalue weighted by Crippen LogP contribution is -2.22. The number of aromatic nitrogens is 4. The van der Waals surface area contributed by atoms with Crippen molar-refractivity contribution in [2.24, 2.45) is 0 Å². The molecule has 5 rings (SSSR count). The molecule has 3 aromatic rings. The van der Waals surface area contributed by atoms with Crippen molar-refractivity contribution in [3.63, 3.8) is 0 Å². The molecule has 0 spiro atoms. The average Bonchev–Trinajstić information content (AvgIpc) is 3.08. The number of likely N-dealkylation sites (tertiary alicyclic amines) is 1. The zero-order valence-corrected chi connectivity index (χ0v) is 17.3. The average molecular weight is 392 g/mol. The summed E-state index contributed by atoms with van der Waals surface area (Å²) in [5, 5.41) is 4.34. The first kappa shape index (κ1) is 18.4. The number of aryl methyl sites for hydroxylation is 1. The van der Waals surface area contributed by atoms with Crippen molar-refractivity contribution in [1.29, 1.82) is 0 Å². The van der Waals surface area contributed by atoms with E-state index in [-0.39, 0.29) is 0 Å². The van der Waals surface area contributed by atoms with Crippen LogP contribution in [-0.2, 0) is 13.1 Å². The van der Waals surface area contributed by atoms with Crippen LogP contribution in [0.4, 0.5) is 0 Å². The van der Waals surface area contributed by atoms with Gasteiger partial charge in [0.1, 0.15) is 11.6 Å². The molecule has 1 aliphatic heterocycles. The summed E-state index contributed by atoms with van der Waals surface area (Å²) in [4.78, 5) is 7.29. The molecule has 1 saturated heterocycles. The number of nitrogens with zero attached hydrogens (tertiary/aromatic N) is 5. The fourth-order valence-electron chi connectivity index (χ4n) is 4.63. The highest BCUT2D eigenvalue weighted by atomic mass is 16.5. The Morgan fingerprint density at radius 1 is 1.17 bits per heavy atom. The van der Waals surface area contributed by atoms with Gasteiger partial charge in [0.05, 0.1) is 13.7 Å². The number of ether oxygens (including phenoxy) is 1. The molecular formula is C23H29N5O. The highest BCUT2D eigenvalue weighted by Gasteiger charge is 2.33. The van der Waals surface area contributed by atoms with Gasteiger partial charge in [-0.25, -0.2) is 4.98 Å². The number of hydrogen-bond acceptors (Lipinski definition) is 4. The largest absolute Gasteiger partial charge is 0.496 e. The molecule has 29 heavy (non-hydrogen) atoms. The van der Waals surface area contributed by atoms with E-state index in [1.54, 1.807) is 7.11 Å². The van der Waals surface area contributed by atoms with Crippen LogP contribution in [-0.4, -0.2) is 44.4 Å². The lowest BCUT2D eigenvalue weighted by molar-refractivity contribution is 0.314. The van der Waals surface area contributed by atoms with Crippen molar-refractivity contribution in [3.05, 3.63) is 65.5 Å². The number of methoxy groups -OCH3 is 1. The minimum Gasteiger partial charge on any atom is -0.496 e. The number of benzene rings is 1. The summed E-state index contributed by atoms with van der Waals surface area (Å²) in [6, 6.07) is 9.06. The molecule has 2 fully saturated rings. The molecule has 1 aromatic carbocycles. The molecule has 6 nitrogen and oxygen atoms in total. The van der Waals surface area contributed by atoms with E-state index >= 15 is 0 Å². The van der Waals surface area contributed by atoms with Gasteiger partial charge in [-0.2, -0.15) is 5.10 Å². The van der Waals surface area contributed by atoms with E-state index in [0.29, 0.717) is 12.0 Å². The highest BCUT2D eigenvalue weighted by molar-refractivity contribution is 5.37. The van der Waals surface area contributed by atoms with E-state index in [9.17, 15) is 0 Å². The van der Waals surface area contributed by atoms with E-state index in [0.717, 1.165) is 31.9 Å². The van der Waals surface area contributed by atoms with E-state index in [1.807, 2.05) is 23.1 Å². The lowest BCUT2D eigenvalue weighted by atomic mass is 10.1. The van der Waals surface area contributed by atoms with Crippen LogP contribution in [0.25, 0.3) is 0 Å². The SMILES string of the molecule is COc1ccc(CN2CCC(n3c(C)cnc3C3CC3)C2)cc1Cn1cccn1. The fraction of sp³-hybridized carbons (Fsp3) is 0.478. The van der Waals surface area contributed by atoms with Gasteiger partial charge in [0.2, 0.25) is 0 Å². The third-order valence-corrected chi connectivity index (χ3v) is 6.21. The van der Waals surface area contributed by atoms with Crippen LogP contribution in [0.15, 0.2) is 42.9 Å². The first-order valence-electron chi connectivity index (χ1n) is 10.6. The number of imidazole rings is 1. The van der Waals surface area contributed by atoms with Crippen molar-refractivity contribution < 1.29 is 4.74 Å². The molecule has 0 amide bonds. The Balaban J connectivity index is 1.29. The van der Waals surface area contributed by atoms with E-state index < -0.39 is 0 Å². The summed E-state index contributed by atoms with van der Waals surface area (Å²) >= 11 is 0. The van der Waals surface area contributed by atoms with Crippen LogP contribution in [0.5, 0.6) is 5.75 Å². The maximum absolute atomic E-state index is 5.57. The standard InChI is InChI=1S/C23H29N5O/c1-17-13-24-23(19-5-6-19)28(17)21-8-11-26(16-21)14-18-4-7-22(29-2)20(12-18)15-27-10-3-9-25-27/h3-4,7,9-10,12-13,19,21H,5-6,8,11,14-16H2,1-2H3. The van der Waals surface area contributed by atoms with Crippen LogP contribution < -0.4 is 4.74 Å². The lowest BCUT2D eigenvalue weighted by Gasteiger charge is -2.20. The number of rotatable bonds is 7. The van der Waals surface area contributed by atoms with E-state index in [1.165, 1.54) is 41.9 Å². The van der Waals surface area contributed by atoms with Crippen LogP contribution in [0.3, 0.4) is 0 Å². The summed E-state index contributed by atoms with van der Waals surface area (Å²) < 4.78 is 10.0. The van der Waals surface area contributed by atoms with Crippen molar-refractivity contribution in [2.75, 3.05) is 20.2 Å². The van der Waals surface area contributed by atoms with Gasteiger partial charge in [-0.15, -0.1) is 0 Å². The molecule has 2 aliphatic rings. The Labute approximate surface area is 172 Å². The maximum Gasteiger partial charge on any atom is 0.123 e. The Bertz CT molecular complexity index is 973. The highest BCUT2D eigenvalue weighted by Crippen LogP contribution is 2.41. The van der Waals surface area contributed by atoms with Gasteiger partial charge >= 0.3 is 0 Å². The minimum absolute atomic E-state index is 0.551. The van der Waals surface area contributed by atoms with Crippen LogP contribution >= 0.6 is 0 Å². The molecule has 1 saturated carbocycles. The second-order valence-corrected chi connectivity index (χ2v) is 8.43. The van der Waals surface area contributed by atoms with Crippen LogP contribution in [0.1, 0.15) is 53.9 Å². The molecule has 1 aliphatic carbocycles.